The molecule has 162 valence electrons. The van der Waals surface area contributed by atoms with Crippen molar-refractivity contribution in [3.05, 3.63) is 23.8 Å². The number of rotatable bonds is 4. The summed E-state index contributed by atoms with van der Waals surface area (Å²) in [6.07, 6.45) is -6.00. The molecule has 4 N–H and O–H groups in total. The number of carbonyl (C=O) groups excluding carboxylic acids is 4. The van der Waals surface area contributed by atoms with Crippen LogP contribution in [0.2, 0.25) is 0 Å². The van der Waals surface area contributed by atoms with Gasteiger partial charge in [0.1, 0.15) is 0 Å². The van der Waals surface area contributed by atoms with Crippen molar-refractivity contribution in [1.82, 2.24) is 10.6 Å². The summed E-state index contributed by atoms with van der Waals surface area (Å²) in [5.74, 6) is -2.31. The molecule has 2 aliphatic rings. The van der Waals surface area contributed by atoms with E-state index >= 15 is 0 Å². The fourth-order valence-corrected chi connectivity index (χ4v) is 3.68. The van der Waals surface area contributed by atoms with E-state index in [1.807, 2.05) is 0 Å². The van der Waals surface area contributed by atoms with Crippen LogP contribution in [-0.4, -0.2) is 48.4 Å². The number of nitrogens with one attached hydrogen (secondary N) is 2. The number of Topliss-reactive ketones (excluding diaryl/α,β-unsaturated/α-hetero) is 1. The lowest BCUT2D eigenvalue weighted by atomic mass is 9.98. The molecule has 3 amide bonds. The SMILES string of the molecule is CC(=O)NCC(=O)N1c2cc(C(F)(F)F)ccc2N2[C@@H]1NC(CC(N)=O)C(=O)[C@@H]2C. The van der Waals surface area contributed by atoms with E-state index in [0.717, 1.165) is 17.0 Å². The van der Waals surface area contributed by atoms with Crippen molar-refractivity contribution in [1.29, 1.82) is 0 Å². The number of nitrogens with two attached hydrogens (primary N) is 1. The molecule has 0 spiro atoms. The average Bonchev–Trinajstić information content (AvgIpc) is 2.96. The van der Waals surface area contributed by atoms with Gasteiger partial charge in [0, 0.05) is 13.3 Å². The molecule has 1 fully saturated rings. The molecule has 2 heterocycles. The van der Waals surface area contributed by atoms with Crippen LogP contribution in [0.25, 0.3) is 0 Å². The Bertz CT molecular complexity index is 920. The largest absolute Gasteiger partial charge is 0.416 e. The van der Waals surface area contributed by atoms with Gasteiger partial charge in [-0.1, -0.05) is 0 Å². The highest BCUT2D eigenvalue weighted by atomic mass is 19.4. The minimum atomic E-state index is -4.64. The summed E-state index contributed by atoms with van der Waals surface area (Å²) in [5, 5.41) is 5.15. The van der Waals surface area contributed by atoms with Gasteiger partial charge in [0.15, 0.2) is 12.1 Å². The molecular weight excluding hydrogens is 407 g/mol. The zero-order valence-corrected chi connectivity index (χ0v) is 16.1. The number of hydrogen-bond donors (Lipinski definition) is 3. The normalized spacial score (nSPS) is 23.1. The molecule has 0 aromatic heterocycles. The standard InChI is InChI=1S/C18H20F3N5O4/c1-8-16(30)11(6-14(22)28)24-17-25(8)12-4-3-10(18(19,20)21)5-13(12)26(17)15(29)7-23-9(2)27/h3-5,8,11,17,24H,6-7H2,1-2H3,(H2,22,28)(H,23,27)/t8-,11?,17-/m0/s1. The van der Waals surface area contributed by atoms with E-state index in [0.29, 0.717) is 0 Å². The van der Waals surface area contributed by atoms with Crippen LogP contribution in [0.3, 0.4) is 0 Å². The maximum Gasteiger partial charge on any atom is 0.416 e. The summed E-state index contributed by atoms with van der Waals surface area (Å²) >= 11 is 0. The molecule has 1 aromatic carbocycles. The first-order chi connectivity index (χ1) is 13.9. The van der Waals surface area contributed by atoms with Crippen molar-refractivity contribution in [3.8, 4) is 0 Å². The lowest BCUT2D eigenvalue weighted by Crippen LogP contribution is -2.69. The third kappa shape index (κ3) is 3.82. The number of alkyl halides is 3. The number of anilines is 2. The van der Waals surface area contributed by atoms with Crippen LogP contribution in [0.4, 0.5) is 24.5 Å². The minimum Gasteiger partial charge on any atom is -0.370 e. The Labute approximate surface area is 169 Å². The zero-order valence-electron chi connectivity index (χ0n) is 16.1. The van der Waals surface area contributed by atoms with Crippen molar-refractivity contribution in [3.63, 3.8) is 0 Å². The van der Waals surface area contributed by atoms with Gasteiger partial charge in [0.2, 0.25) is 17.7 Å². The van der Waals surface area contributed by atoms with Gasteiger partial charge >= 0.3 is 6.18 Å². The maximum atomic E-state index is 13.3. The van der Waals surface area contributed by atoms with Crippen molar-refractivity contribution in [2.45, 2.75) is 44.8 Å². The van der Waals surface area contributed by atoms with Gasteiger partial charge < -0.3 is 16.0 Å². The number of halogens is 3. The number of ketones is 1. The number of carbonyl (C=O) groups is 4. The van der Waals surface area contributed by atoms with Crippen molar-refractivity contribution < 1.29 is 32.3 Å². The first-order valence-corrected chi connectivity index (χ1v) is 9.06. The molecule has 3 atom stereocenters. The highest BCUT2D eigenvalue weighted by Gasteiger charge is 2.50. The van der Waals surface area contributed by atoms with Gasteiger partial charge in [-0.25, -0.2) is 0 Å². The molecule has 1 aromatic rings. The second-order valence-corrected chi connectivity index (χ2v) is 7.12. The molecule has 1 unspecified atom stereocenters. The van der Waals surface area contributed by atoms with Crippen LogP contribution in [0.1, 0.15) is 25.8 Å². The topological polar surface area (TPSA) is 125 Å². The predicted octanol–water partition coefficient (Wildman–Crippen LogP) is 0.0829. The van der Waals surface area contributed by atoms with E-state index in [1.165, 1.54) is 24.8 Å². The van der Waals surface area contributed by atoms with Crippen LogP contribution in [-0.2, 0) is 25.4 Å². The Morgan fingerprint density at radius 3 is 2.47 bits per heavy atom. The number of primary amides is 1. The molecule has 12 heteroatoms. The molecule has 2 aliphatic heterocycles. The second-order valence-electron chi connectivity index (χ2n) is 7.12. The van der Waals surface area contributed by atoms with Crippen LogP contribution >= 0.6 is 0 Å². The number of amides is 3. The van der Waals surface area contributed by atoms with E-state index in [9.17, 15) is 32.3 Å². The zero-order chi connectivity index (χ0) is 22.4. The van der Waals surface area contributed by atoms with Gasteiger partial charge in [0.25, 0.3) is 0 Å². The lowest BCUT2D eigenvalue weighted by Gasteiger charge is -2.43. The number of hydrogen-bond acceptors (Lipinski definition) is 6. The maximum absolute atomic E-state index is 13.3. The number of benzene rings is 1. The molecule has 0 radical (unpaired) electrons. The van der Waals surface area contributed by atoms with Crippen molar-refractivity contribution >= 4 is 34.9 Å². The van der Waals surface area contributed by atoms with Gasteiger partial charge in [-0.05, 0) is 25.1 Å². The Hall–Kier alpha value is -3.15. The third-order valence-corrected chi connectivity index (χ3v) is 5.03. The van der Waals surface area contributed by atoms with E-state index in [-0.39, 0.29) is 23.6 Å². The molecular formula is C18H20F3N5O4. The summed E-state index contributed by atoms with van der Waals surface area (Å²) < 4.78 is 39.8. The lowest BCUT2D eigenvalue weighted by molar-refractivity contribution is -0.137. The summed E-state index contributed by atoms with van der Waals surface area (Å²) in [6.45, 7) is 2.27. The first-order valence-electron chi connectivity index (χ1n) is 9.06. The smallest absolute Gasteiger partial charge is 0.370 e. The van der Waals surface area contributed by atoms with Crippen molar-refractivity contribution in [2.75, 3.05) is 16.3 Å². The fourth-order valence-electron chi connectivity index (χ4n) is 3.68. The summed E-state index contributed by atoms with van der Waals surface area (Å²) in [4.78, 5) is 50.6. The van der Waals surface area contributed by atoms with Gasteiger partial charge in [-0.2, -0.15) is 13.2 Å². The molecule has 1 saturated heterocycles. The summed E-state index contributed by atoms with van der Waals surface area (Å²) in [6, 6.07) is 1.03. The Balaban J connectivity index is 2.07. The Kier molecular flexibility index (Phi) is 5.46. The fraction of sp³-hybridized carbons (Fsp3) is 0.444. The van der Waals surface area contributed by atoms with Gasteiger partial charge in [-0.3, -0.25) is 29.4 Å². The summed E-state index contributed by atoms with van der Waals surface area (Å²) in [7, 11) is 0. The van der Waals surface area contributed by atoms with E-state index in [2.05, 4.69) is 10.6 Å². The summed E-state index contributed by atoms with van der Waals surface area (Å²) in [5.41, 5.74) is 4.42. The Morgan fingerprint density at radius 2 is 1.90 bits per heavy atom. The number of nitrogens with zero attached hydrogens (tertiary/aromatic N) is 2. The van der Waals surface area contributed by atoms with Crippen LogP contribution in [0.5, 0.6) is 0 Å². The Morgan fingerprint density at radius 1 is 1.23 bits per heavy atom. The molecule has 0 bridgehead atoms. The van der Waals surface area contributed by atoms with E-state index in [1.54, 1.807) is 0 Å². The highest BCUT2D eigenvalue weighted by Crippen LogP contribution is 2.45. The van der Waals surface area contributed by atoms with Gasteiger partial charge in [-0.15, -0.1) is 0 Å². The quantitative estimate of drug-likeness (QED) is 0.625. The first kappa shape index (κ1) is 21.6. The van der Waals surface area contributed by atoms with E-state index in [4.69, 9.17) is 5.73 Å². The van der Waals surface area contributed by atoms with Crippen LogP contribution < -0.4 is 26.2 Å². The molecule has 0 aliphatic carbocycles. The van der Waals surface area contributed by atoms with Crippen molar-refractivity contribution in [2.24, 2.45) is 5.73 Å². The second kappa shape index (κ2) is 7.59. The van der Waals surface area contributed by atoms with E-state index < -0.39 is 54.4 Å². The minimum absolute atomic E-state index is 0.0583. The van der Waals surface area contributed by atoms with Crippen LogP contribution in [0, 0.1) is 0 Å². The average molecular weight is 427 g/mol. The molecule has 30 heavy (non-hydrogen) atoms. The monoisotopic (exact) mass is 427 g/mol. The predicted molar refractivity (Wildman–Crippen MR) is 99.1 cm³/mol. The molecule has 9 nitrogen and oxygen atoms in total. The highest BCUT2D eigenvalue weighted by molar-refractivity contribution is 6.06. The third-order valence-electron chi connectivity index (χ3n) is 5.03. The van der Waals surface area contributed by atoms with Crippen LogP contribution in [0.15, 0.2) is 18.2 Å². The molecule has 0 saturated carbocycles. The number of fused-ring (bicyclic) bond motifs is 3. The molecule has 3 rings (SSSR count). The van der Waals surface area contributed by atoms with Gasteiger partial charge in [0.05, 0.1) is 35.6 Å².